The van der Waals surface area contributed by atoms with Crippen LogP contribution in [0.15, 0.2) is 16.7 Å². The largest absolute Gasteiger partial charge is 0.369 e. The molecule has 17 heavy (non-hydrogen) atoms. The van der Waals surface area contributed by atoms with E-state index in [1.807, 2.05) is 13.0 Å². The Kier molecular flexibility index (Phi) is 3.66. The van der Waals surface area contributed by atoms with Crippen molar-refractivity contribution in [3.05, 3.63) is 22.3 Å². The third-order valence-electron chi connectivity index (χ3n) is 3.18. The highest BCUT2D eigenvalue weighted by molar-refractivity contribution is 9.10. The highest BCUT2D eigenvalue weighted by atomic mass is 79.9. The Hall–Kier alpha value is -1.10. The number of hydrogen-bond donors (Lipinski definition) is 1. The van der Waals surface area contributed by atoms with Crippen LogP contribution in [0.25, 0.3) is 0 Å². The van der Waals surface area contributed by atoms with Gasteiger partial charge in [-0.3, -0.25) is 4.79 Å². The van der Waals surface area contributed by atoms with Gasteiger partial charge in [0.25, 0.3) is 0 Å². The van der Waals surface area contributed by atoms with Crippen LogP contribution in [-0.4, -0.2) is 24.0 Å². The number of carbonyl (C=O) groups is 1. The van der Waals surface area contributed by atoms with E-state index < -0.39 is 0 Å². The van der Waals surface area contributed by atoms with Crippen LogP contribution in [0, 0.1) is 12.8 Å². The summed E-state index contributed by atoms with van der Waals surface area (Å²) in [5, 5.41) is 0. The van der Waals surface area contributed by atoms with Crippen molar-refractivity contribution < 1.29 is 4.79 Å². The van der Waals surface area contributed by atoms with Crippen LogP contribution in [0.4, 0.5) is 5.82 Å². The molecule has 1 aliphatic heterocycles. The van der Waals surface area contributed by atoms with Crippen LogP contribution in [-0.2, 0) is 4.79 Å². The normalized spacial score (nSPS) is 20.4. The van der Waals surface area contributed by atoms with Gasteiger partial charge >= 0.3 is 0 Å². The quantitative estimate of drug-likeness (QED) is 0.906. The molecule has 1 saturated heterocycles. The standard InChI is InChI=1S/C12H16BrN3O/c1-8-5-11(15-6-10(8)13)16-4-2-3-9(7-16)12(14)17/h5-6,9H,2-4,7H2,1H3,(H2,14,17). The number of rotatable bonds is 2. The molecule has 0 saturated carbocycles. The van der Waals surface area contributed by atoms with Gasteiger partial charge in [-0.05, 0) is 47.3 Å². The topological polar surface area (TPSA) is 59.2 Å². The van der Waals surface area contributed by atoms with Gasteiger partial charge < -0.3 is 10.6 Å². The second-order valence-corrected chi connectivity index (χ2v) is 5.33. The second kappa shape index (κ2) is 5.04. The summed E-state index contributed by atoms with van der Waals surface area (Å²) in [5.74, 6) is 0.676. The Morgan fingerprint density at radius 3 is 3.06 bits per heavy atom. The molecule has 0 spiro atoms. The number of primary amides is 1. The van der Waals surface area contributed by atoms with Crippen molar-refractivity contribution in [1.29, 1.82) is 0 Å². The molecule has 1 fully saturated rings. The average Bonchev–Trinajstić information content (AvgIpc) is 2.33. The SMILES string of the molecule is Cc1cc(N2CCCC(C(N)=O)C2)ncc1Br. The average molecular weight is 298 g/mol. The molecule has 2 N–H and O–H groups in total. The summed E-state index contributed by atoms with van der Waals surface area (Å²) in [5.41, 5.74) is 6.52. The molecule has 1 atom stereocenters. The summed E-state index contributed by atoms with van der Waals surface area (Å²) >= 11 is 3.43. The fourth-order valence-corrected chi connectivity index (χ4v) is 2.33. The Morgan fingerprint density at radius 2 is 2.41 bits per heavy atom. The maximum atomic E-state index is 11.2. The molecular formula is C12H16BrN3O. The first kappa shape index (κ1) is 12.4. The Labute approximate surface area is 109 Å². The zero-order valence-electron chi connectivity index (χ0n) is 9.82. The van der Waals surface area contributed by atoms with E-state index in [1.54, 1.807) is 6.20 Å². The van der Waals surface area contributed by atoms with Gasteiger partial charge in [0.05, 0.1) is 5.92 Å². The van der Waals surface area contributed by atoms with Crippen molar-refractivity contribution in [2.75, 3.05) is 18.0 Å². The van der Waals surface area contributed by atoms with Crippen LogP contribution in [0.2, 0.25) is 0 Å². The van der Waals surface area contributed by atoms with E-state index in [4.69, 9.17) is 5.73 Å². The number of anilines is 1. The molecule has 2 heterocycles. The monoisotopic (exact) mass is 297 g/mol. The number of hydrogen-bond acceptors (Lipinski definition) is 3. The molecule has 5 heteroatoms. The van der Waals surface area contributed by atoms with Gasteiger partial charge in [0, 0.05) is 23.8 Å². The van der Waals surface area contributed by atoms with Crippen LogP contribution in [0.1, 0.15) is 18.4 Å². The fourth-order valence-electron chi connectivity index (χ4n) is 2.11. The summed E-state index contributed by atoms with van der Waals surface area (Å²) in [6.07, 6.45) is 3.68. The zero-order chi connectivity index (χ0) is 12.4. The minimum atomic E-state index is -0.205. The Balaban J connectivity index is 2.16. The minimum Gasteiger partial charge on any atom is -0.369 e. The van der Waals surface area contributed by atoms with Crippen molar-refractivity contribution in [3.8, 4) is 0 Å². The number of nitrogens with two attached hydrogens (primary N) is 1. The summed E-state index contributed by atoms with van der Waals surface area (Å²) in [6.45, 7) is 3.66. The van der Waals surface area contributed by atoms with Crippen molar-refractivity contribution in [2.24, 2.45) is 11.7 Å². The first-order valence-electron chi connectivity index (χ1n) is 5.74. The molecule has 4 nitrogen and oxygen atoms in total. The smallest absolute Gasteiger partial charge is 0.222 e. The lowest BCUT2D eigenvalue weighted by atomic mass is 9.97. The Morgan fingerprint density at radius 1 is 1.65 bits per heavy atom. The molecule has 0 bridgehead atoms. The molecule has 1 unspecified atom stereocenters. The van der Waals surface area contributed by atoms with Crippen LogP contribution in [0.3, 0.4) is 0 Å². The second-order valence-electron chi connectivity index (χ2n) is 4.48. The number of amides is 1. The van der Waals surface area contributed by atoms with E-state index in [0.717, 1.165) is 35.2 Å². The number of piperidine rings is 1. The predicted molar refractivity (Wildman–Crippen MR) is 70.8 cm³/mol. The maximum Gasteiger partial charge on any atom is 0.222 e. The van der Waals surface area contributed by atoms with Gasteiger partial charge in [-0.1, -0.05) is 0 Å². The van der Waals surface area contributed by atoms with Crippen LogP contribution < -0.4 is 10.6 Å². The minimum absolute atomic E-state index is 0.0468. The molecule has 1 aromatic rings. The van der Waals surface area contributed by atoms with Gasteiger partial charge in [0.2, 0.25) is 5.91 Å². The van der Waals surface area contributed by atoms with Crippen LogP contribution in [0.5, 0.6) is 0 Å². The van der Waals surface area contributed by atoms with Crippen molar-refractivity contribution in [1.82, 2.24) is 4.98 Å². The molecule has 1 aromatic heterocycles. The predicted octanol–water partition coefficient (Wildman–Crippen LogP) is 1.85. The van der Waals surface area contributed by atoms with Gasteiger partial charge in [0.1, 0.15) is 5.82 Å². The molecule has 92 valence electrons. The molecule has 1 aliphatic rings. The summed E-state index contributed by atoms with van der Waals surface area (Å²) < 4.78 is 1.00. The van der Waals surface area contributed by atoms with Gasteiger partial charge in [-0.25, -0.2) is 4.98 Å². The highest BCUT2D eigenvalue weighted by Crippen LogP contribution is 2.24. The number of nitrogens with zero attached hydrogens (tertiary/aromatic N) is 2. The lowest BCUT2D eigenvalue weighted by Gasteiger charge is -2.32. The zero-order valence-corrected chi connectivity index (χ0v) is 11.4. The summed E-state index contributed by atoms with van der Waals surface area (Å²) in [4.78, 5) is 17.7. The van der Waals surface area contributed by atoms with Crippen LogP contribution >= 0.6 is 15.9 Å². The first-order chi connectivity index (χ1) is 8.08. The maximum absolute atomic E-state index is 11.2. The van der Waals surface area contributed by atoms with E-state index in [-0.39, 0.29) is 11.8 Å². The number of aryl methyl sites for hydroxylation is 1. The highest BCUT2D eigenvalue weighted by Gasteiger charge is 2.24. The van der Waals surface area contributed by atoms with Gasteiger partial charge in [-0.2, -0.15) is 0 Å². The summed E-state index contributed by atoms with van der Waals surface area (Å²) in [7, 11) is 0. The van der Waals surface area contributed by atoms with E-state index in [9.17, 15) is 4.79 Å². The molecule has 0 aromatic carbocycles. The van der Waals surface area contributed by atoms with E-state index in [2.05, 4.69) is 25.8 Å². The molecular weight excluding hydrogens is 282 g/mol. The first-order valence-corrected chi connectivity index (χ1v) is 6.53. The van der Waals surface area contributed by atoms with Crippen molar-refractivity contribution in [3.63, 3.8) is 0 Å². The Bertz CT molecular complexity index is 436. The van der Waals surface area contributed by atoms with E-state index in [1.165, 1.54) is 0 Å². The van der Waals surface area contributed by atoms with E-state index in [0.29, 0.717) is 6.54 Å². The lowest BCUT2D eigenvalue weighted by molar-refractivity contribution is -0.122. The molecule has 0 radical (unpaired) electrons. The number of halogens is 1. The molecule has 0 aliphatic carbocycles. The third kappa shape index (κ3) is 2.77. The lowest BCUT2D eigenvalue weighted by Crippen LogP contribution is -2.41. The number of pyridine rings is 1. The van der Waals surface area contributed by atoms with E-state index >= 15 is 0 Å². The fraction of sp³-hybridized carbons (Fsp3) is 0.500. The number of carbonyl (C=O) groups excluding carboxylic acids is 1. The third-order valence-corrected chi connectivity index (χ3v) is 4.01. The number of aromatic nitrogens is 1. The molecule has 2 rings (SSSR count). The van der Waals surface area contributed by atoms with Crippen molar-refractivity contribution in [2.45, 2.75) is 19.8 Å². The van der Waals surface area contributed by atoms with Gasteiger partial charge in [0.15, 0.2) is 0 Å². The molecule has 1 amide bonds. The van der Waals surface area contributed by atoms with Gasteiger partial charge in [-0.15, -0.1) is 0 Å². The summed E-state index contributed by atoms with van der Waals surface area (Å²) in [6, 6.07) is 2.04. The van der Waals surface area contributed by atoms with Crippen molar-refractivity contribution >= 4 is 27.7 Å².